The molecule has 1 amide bonds. The van der Waals surface area contributed by atoms with Gasteiger partial charge in [-0.25, -0.2) is 8.42 Å². The summed E-state index contributed by atoms with van der Waals surface area (Å²) in [4.78, 5) is 12.2. The first-order valence-corrected chi connectivity index (χ1v) is 9.31. The average Bonchev–Trinajstić information content (AvgIpc) is 2.34. The fourth-order valence-corrected chi connectivity index (χ4v) is 2.85. The third-order valence-corrected chi connectivity index (χ3v) is 4.03. The van der Waals surface area contributed by atoms with E-state index in [4.69, 9.17) is 0 Å². The summed E-state index contributed by atoms with van der Waals surface area (Å²) in [6.45, 7) is 6.30. The molecule has 118 valence electrons. The number of hydrogen-bond acceptors (Lipinski definition) is 3. The lowest BCUT2D eigenvalue weighted by molar-refractivity contribution is 0.0937. The minimum atomic E-state index is -3.09. The summed E-state index contributed by atoms with van der Waals surface area (Å²) in [7, 11) is -3.09. The maximum Gasteiger partial charge on any atom is 0.251 e. The van der Waals surface area contributed by atoms with Gasteiger partial charge in [0.25, 0.3) is 5.91 Å². The van der Waals surface area contributed by atoms with Crippen molar-refractivity contribution in [1.82, 2.24) is 5.32 Å². The first-order valence-electron chi connectivity index (χ1n) is 7.25. The van der Waals surface area contributed by atoms with Crippen molar-refractivity contribution >= 4 is 15.7 Å². The van der Waals surface area contributed by atoms with Crippen molar-refractivity contribution in [3.8, 4) is 0 Å². The summed E-state index contributed by atoms with van der Waals surface area (Å²) in [5.74, 6) is 0.417. The molecule has 1 unspecified atom stereocenters. The van der Waals surface area contributed by atoms with E-state index in [2.05, 4.69) is 19.2 Å². The van der Waals surface area contributed by atoms with E-state index in [1.54, 1.807) is 24.3 Å². The Hall–Kier alpha value is -1.36. The summed E-state index contributed by atoms with van der Waals surface area (Å²) in [6, 6.07) is 6.90. The molecule has 0 fully saturated rings. The number of hydrogen-bond donors (Lipinski definition) is 1. The SMILES string of the molecule is CC(C)CCC(C)NC(=O)c1cccc(CS(C)(=O)=O)c1. The zero-order valence-corrected chi connectivity index (χ0v) is 14.0. The minimum absolute atomic E-state index is 0.0446. The van der Waals surface area contributed by atoms with Crippen molar-refractivity contribution in [3.05, 3.63) is 35.4 Å². The topological polar surface area (TPSA) is 63.2 Å². The predicted octanol–water partition coefficient (Wildman–Crippen LogP) is 2.79. The van der Waals surface area contributed by atoms with Crippen molar-refractivity contribution in [2.45, 2.75) is 45.4 Å². The predicted molar refractivity (Wildman–Crippen MR) is 86.0 cm³/mol. The summed E-state index contributed by atoms with van der Waals surface area (Å²) in [5, 5.41) is 2.95. The van der Waals surface area contributed by atoms with Gasteiger partial charge >= 0.3 is 0 Å². The molecule has 1 N–H and O–H groups in total. The largest absolute Gasteiger partial charge is 0.350 e. The molecule has 0 radical (unpaired) electrons. The summed E-state index contributed by atoms with van der Waals surface area (Å²) >= 11 is 0. The van der Waals surface area contributed by atoms with E-state index in [0.29, 0.717) is 17.0 Å². The molecule has 21 heavy (non-hydrogen) atoms. The van der Waals surface area contributed by atoms with Crippen LogP contribution in [0.3, 0.4) is 0 Å². The van der Waals surface area contributed by atoms with Crippen LogP contribution in [0.2, 0.25) is 0 Å². The van der Waals surface area contributed by atoms with E-state index in [1.165, 1.54) is 6.26 Å². The molecule has 0 saturated heterocycles. The van der Waals surface area contributed by atoms with Gasteiger partial charge in [0.05, 0.1) is 5.75 Å². The van der Waals surface area contributed by atoms with Gasteiger partial charge in [0.2, 0.25) is 0 Å². The van der Waals surface area contributed by atoms with E-state index in [1.807, 2.05) is 6.92 Å². The molecular weight excluding hydrogens is 286 g/mol. The average molecular weight is 311 g/mol. The van der Waals surface area contributed by atoms with Crippen LogP contribution < -0.4 is 5.32 Å². The van der Waals surface area contributed by atoms with Gasteiger partial charge in [-0.3, -0.25) is 4.79 Å². The zero-order valence-electron chi connectivity index (χ0n) is 13.2. The number of rotatable bonds is 7. The maximum absolute atomic E-state index is 12.2. The van der Waals surface area contributed by atoms with Gasteiger partial charge < -0.3 is 5.32 Å². The third kappa shape index (κ3) is 7.27. The summed E-state index contributed by atoms with van der Waals surface area (Å²) < 4.78 is 22.6. The van der Waals surface area contributed by atoms with E-state index in [9.17, 15) is 13.2 Å². The highest BCUT2D eigenvalue weighted by molar-refractivity contribution is 7.89. The second kappa shape index (κ2) is 7.59. The molecule has 0 heterocycles. The van der Waals surface area contributed by atoms with Crippen LogP contribution in [0.5, 0.6) is 0 Å². The van der Waals surface area contributed by atoms with Gasteiger partial charge in [-0.2, -0.15) is 0 Å². The van der Waals surface area contributed by atoms with Crippen LogP contribution in [0, 0.1) is 5.92 Å². The van der Waals surface area contributed by atoms with Crippen molar-refractivity contribution in [2.75, 3.05) is 6.26 Å². The molecule has 0 aliphatic carbocycles. The molecule has 0 aliphatic rings. The molecule has 5 heteroatoms. The van der Waals surface area contributed by atoms with Gasteiger partial charge in [0, 0.05) is 17.9 Å². The lowest BCUT2D eigenvalue weighted by Crippen LogP contribution is -2.32. The molecule has 0 aromatic heterocycles. The van der Waals surface area contributed by atoms with Crippen molar-refractivity contribution in [2.24, 2.45) is 5.92 Å². The third-order valence-electron chi connectivity index (χ3n) is 3.17. The summed E-state index contributed by atoms with van der Waals surface area (Å²) in [6.07, 6.45) is 3.19. The number of nitrogens with one attached hydrogen (secondary N) is 1. The van der Waals surface area contributed by atoms with Crippen LogP contribution in [-0.4, -0.2) is 26.6 Å². The number of amides is 1. The summed E-state index contributed by atoms with van der Waals surface area (Å²) in [5.41, 5.74) is 1.15. The molecule has 1 aromatic carbocycles. The van der Waals surface area contributed by atoms with Crippen molar-refractivity contribution in [1.29, 1.82) is 0 Å². The highest BCUT2D eigenvalue weighted by Gasteiger charge is 2.12. The zero-order chi connectivity index (χ0) is 16.0. The first kappa shape index (κ1) is 17.7. The lowest BCUT2D eigenvalue weighted by Gasteiger charge is -2.15. The fraction of sp³-hybridized carbons (Fsp3) is 0.562. The van der Waals surface area contributed by atoms with E-state index in [0.717, 1.165) is 12.8 Å². The van der Waals surface area contributed by atoms with Gasteiger partial charge in [-0.1, -0.05) is 26.0 Å². The Labute approximate surface area is 127 Å². The van der Waals surface area contributed by atoms with Gasteiger partial charge in [-0.05, 0) is 43.4 Å². The first-order chi connectivity index (χ1) is 9.67. The maximum atomic E-state index is 12.2. The molecule has 0 bridgehead atoms. The standard InChI is InChI=1S/C16H25NO3S/c1-12(2)8-9-13(3)17-16(18)15-7-5-6-14(10-15)11-21(4,19)20/h5-7,10,12-13H,8-9,11H2,1-4H3,(H,17,18). The monoisotopic (exact) mass is 311 g/mol. The number of carbonyl (C=O) groups is 1. The number of carbonyl (C=O) groups excluding carboxylic acids is 1. The molecule has 0 aliphatic heterocycles. The highest BCUT2D eigenvalue weighted by atomic mass is 32.2. The van der Waals surface area contributed by atoms with Crippen LogP contribution in [0.4, 0.5) is 0 Å². The highest BCUT2D eigenvalue weighted by Crippen LogP contribution is 2.10. The Kier molecular flexibility index (Phi) is 6.40. The molecule has 1 atom stereocenters. The lowest BCUT2D eigenvalue weighted by atomic mass is 10.0. The molecule has 1 rings (SSSR count). The van der Waals surface area contributed by atoms with Crippen LogP contribution in [0.1, 0.15) is 49.5 Å². The van der Waals surface area contributed by atoms with E-state index in [-0.39, 0.29) is 17.7 Å². The van der Waals surface area contributed by atoms with Gasteiger partial charge in [0.1, 0.15) is 0 Å². The molecule has 0 spiro atoms. The van der Waals surface area contributed by atoms with Crippen LogP contribution in [0.15, 0.2) is 24.3 Å². The van der Waals surface area contributed by atoms with Gasteiger partial charge in [0.15, 0.2) is 9.84 Å². The Morgan fingerprint density at radius 3 is 2.43 bits per heavy atom. The normalized spacial score (nSPS) is 13.2. The molecular formula is C16H25NO3S. The van der Waals surface area contributed by atoms with Crippen molar-refractivity contribution in [3.63, 3.8) is 0 Å². The molecule has 0 saturated carbocycles. The van der Waals surface area contributed by atoms with Crippen molar-refractivity contribution < 1.29 is 13.2 Å². The van der Waals surface area contributed by atoms with Crippen LogP contribution >= 0.6 is 0 Å². The Morgan fingerprint density at radius 2 is 1.86 bits per heavy atom. The van der Waals surface area contributed by atoms with Crippen LogP contribution in [0.25, 0.3) is 0 Å². The number of sulfone groups is 1. The smallest absolute Gasteiger partial charge is 0.251 e. The fourth-order valence-electron chi connectivity index (χ4n) is 2.07. The molecule has 1 aromatic rings. The van der Waals surface area contributed by atoms with E-state index < -0.39 is 9.84 Å². The Morgan fingerprint density at radius 1 is 1.19 bits per heavy atom. The Balaban J connectivity index is 2.68. The minimum Gasteiger partial charge on any atom is -0.350 e. The van der Waals surface area contributed by atoms with Crippen LogP contribution in [-0.2, 0) is 15.6 Å². The van der Waals surface area contributed by atoms with E-state index >= 15 is 0 Å². The quantitative estimate of drug-likeness (QED) is 0.842. The Bertz CT molecular complexity index is 579. The second-order valence-corrected chi connectivity index (χ2v) is 8.26. The number of benzene rings is 1. The molecule has 4 nitrogen and oxygen atoms in total. The second-order valence-electron chi connectivity index (χ2n) is 6.12. The van der Waals surface area contributed by atoms with Gasteiger partial charge in [-0.15, -0.1) is 0 Å².